The van der Waals surface area contributed by atoms with Crippen molar-refractivity contribution in [1.82, 2.24) is 10.6 Å². The molecular formula is C30H30N4O14. The summed E-state index contributed by atoms with van der Waals surface area (Å²) in [5, 5.41) is 56.2. The lowest BCUT2D eigenvalue weighted by Gasteiger charge is -2.42. The number of esters is 1. The largest absolute Gasteiger partial charge is 0.457 e. The van der Waals surface area contributed by atoms with Crippen molar-refractivity contribution in [3.63, 3.8) is 0 Å². The molecule has 8 atom stereocenters. The van der Waals surface area contributed by atoms with Crippen molar-refractivity contribution in [3.8, 4) is 0 Å². The third-order valence-electron chi connectivity index (χ3n) is 7.44. The van der Waals surface area contributed by atoms with Gasteiger partial charge < -0.3 is 44.5 Å². The number of rotatable bonds is 12. The summed E-state index contributed by atoms with van der Waals surface area (Å²) in [6, 6.07) is 8.19. The summed E-state index contributed by atoms with van der Waals surface area (Å²) in [5.74, 6) is -3.26. The molecule has 48 heavy (non-hydrogen) atoms. The predicted octanol–water partition coefficient (Wildman–Crippen LogP) is -1.99. The fraction of sp³-hybridized carbons (Fsp3) is 0.367. The van der Waals surface area contributed by atoms with Crippen LogP contribution in [0.3, 0.4) is 0 Å². The molecule has 0 spiro atoms. The van der Waals surface area contributed by atoms with E-state index in [4.69, 9.17) is 18.9 Å². The topological polar surface area (TPSA) is 272 Å². The number of aliphatic hydroxyl groups excluding tert-OH is 5. The van der Waals surface area contributed by atoms with E-state index < -0.39 is 92.0 Å². The Labute approximate surface area is 270 Å². The van der Waals surface area contributed by atoms with Gasteiger partial charge in [-0.25, -0.2) is 0 Å². The summed E-state index contributed by atoms with van der Waals surface area (Å²) >= 11 is 0. The average molecular weight is 671 g/mol. The van der Waals surface area contributed by atoms with Crippen molar-refractivity contribution in [2.45, 2.75) is 56.1 Å². The summed E-state index contributed by atoms with van der Waals surface area (Å²) in [4.78, 5) is 67.7. The maximum Gasteiger partial charge on any atom is 0.303 e. The molecule has 0 unspecified atom stereocenters. The summed E-state index contributed by atoms with van der Waals surface area (Å²) in [7, 11) is 0. The molecule has 3 aliphatic rings. The van der Waals surface area contributed by atoms with Gasteiger partial charge in [-0.2, -0.15) is 0 Å². The smallest absolute Gasteiger partial charge is 0.303 e. The third kappa shape index (κ3) is 7.35. The lowest BCUT2D eigenvalue weighted by molar-refractivity contribution is -0.315. The van der Waals surface area contributed by atoms with Crippen LogP contribution < -0.4 is 10.6 Å². The monoisotopic (exact) mass is 670 g/mol. The number of hydrogen-bond donors (Lipinski definition) is 7. The molecule has 0 aliphatic carbocycles. The summed E-state index contributed by atoms with van der Waals surface area (Å²) in [6.45, 7) is -0.575. The van der Waals surface area contributed by atoms with Crippen LogP contribution in [0.2, 0.25) is 0 Å². The van der Waals surface area contributed by atoms with Crippen LogP contribution in [0.4, 0.5) is 11.4 Å². The van der Waals surface area contributed by atoms with Crippen molar-refractivity contribution in [1.29, 1.82) is 0 Å². The Balaban J connectivity index is 1.39. The maximum atomic E-state index is 12.1. The van der Waals surface area contributed by atoms with E-state index in [0.29, 0.717) is 0 Å². The number of ether oxygens (including phenoxy) is 4. The molecule has 0 saturated carbocycles. The van der Waals surface area contributed by atoms with E-state index in [0.717, 1.165) is 19.4 Å². The molecule has 1 saturated heterocycles. The molecule has 7 N–H and O–H groups in total. The van der Waals surface area contributed by atoms with Crippen LogP contribution in [-0.4, -0.2) is 130 Å². The molecule has 18 heteroatoms. The Morgan fingerprint density at radius 1 is 0.875 bits per heavy atom. The Bertz CT molecular complexity index is 1680. The Kier molecular flexibility index (Phi) is 10.5. The van der Waals surface area contributed by atoms with Gasteiger partial charge in [0, 0.05) is 13.1 Å². The van der Waals surface area contributed by atoms with Gasteiger partial charge in [-0.1, -0.05) is 0 Å². The van der Waals surface area contributed by atoms with Gasteiger partial charge in [0.25, 0.3) is 23.6 Å². The number of hydrogen-bond acceptors (Lipinski definition) is 16. The van der Waals surface area contributed by atoms with Crippen molar-refractivity contribution < 1.29 is 68.5 Å². The normalized spacial score (nSPS) is 25.5. The number of nitrogens with one attached hydrogen (secondary N) is 2. The Morgan fingerprint density at radius 3 is 1.94 bits per heavy atom. The molecular weight excluding hydrogens is 640 g/mol. The number of amides is 4. The maximum absolute atomic E-state index is 12.1. The molecule has 0 aromatic heterocycles. The van der Waals surface area contributed by atoms with E-state index in [-0.39, 0.29) is 33.6 Å². The van der Waals surface area contributed by atoms with Crippen molar-refractivity contribution in [3.05, 3.63) is 58.7 Å². The average Bonchev–Trinajstić information content (AvgIpc) is 3.51. The van der Waals surface area contributed by atoms with Gasteiger partial charge in [0.15, 0.2) is 18.7 Å². The zero-order chi connectivity index (χ0) is 34.7. The van der Waals surface area contributed by atoms with Crippen molar-refractivity contribution in [2.75, 3.05) is 13.2 Å². The molecule has 18 nitrogen and oxygen atoms in total. The molecule has 0 radical (unpaired) electrons. The number of nitrogens with zero attached hydrogens (tertiary/aromatic N) is 2. The van der Waals surface area contributed by atoms with E-state index >= 15 is 0 Å². The van der Waals surface area contributed by atoms with Crippen LogP contribution in [-0.2, 0) is 23.7 Å². The molecule has 1 fully saturated rings. The summed E-state index contributed by atoms with van der Waals surface area (Å²) in [6.07, 6.45) is -11.0. The highest BCUT2D eigenvalue weighted by molar-refractivity contribution is 6.22. The quantitative estimate of drug-likeness (QED) is 0.0558. The number of benzene rings is 2. The standard InChI is InChI=1S/C30H30N4O14/c1-12(37)45-25-23(39)21(11-36)48-30(24(25)40)47-19(8-31-13-2-4-15-17(6-13)28(43)33-26(15)41)20(10-35)46-22(38)9-32-14-3-5-16-18(7-14)29(44)34-27(16)42/h2-9,19-25,30,35-36,38-40H,10-11H2,1H3,(H,33,41,43)(H,34,42,44)/t19-,20+,21-,22-,23-,24+,25+,30-/m0/s1. The molecule has 2 aromatic rings. The van der Waals surface area contributed by atoms with Gasteiger partial charge in [-0.3, -0.25) is 44.6 Å². The molecule has 5 rings (SSSR count). The van der Waals surface area contributed by atoms with E-state index in [2.05, 4.69) is 20.6 Å². The minimum absolute atomic E-state index is 0.0529. The first kappa shape index (κ1) is 34.5. The van der Waals surface area contributed by atoms with Crippen LogP contribution in [0, 0.1) is 0 Å². The number of carbonyl (C=O) groups excluding carboxylic acids is 5. The van der Waals surface area contributed by atoms with Gasteiger partial charge in [0.05, 0.1) is 53.1 Å². The minimum atomic E-state index is -1.83. The Morgan fingerprint density at radius 2 is 1.42 bits per heavy atom. The summed E-state index contributed by atoms with van der Waals surface area (Å²) in [5.41, 5.74) is 0.754. The molecule has 3 aliphatic heterocycles. The second kappa shape index (κ2) is 14.5. The highest BCUT2D eigenvalue weighted by Gasteiger charge is 2.48. The number of imide groups is 2. The van der Waals surface area contributed by atoms with Gasteiger partial charge >= 0.3 is 5.97 Å². The van der Waals surface area contributed by atoms with E-state index in [1.165, 1.54) is 36.4 Å². The van der Waals surface area contributed by atoms with Gasteiger partial charge in [0.2, 0.25) is 0 Å². The molecule has 254 valence electrons. The van der Waals surface area contributed by atoms with E-state index in [1.807, 2.05) is 0 Å². The third-order valence-corrected chi connectivity index (χ3v) is 7.44. The number of aliphatic imine (C=N–C) groups is 2. The molecule has 0 bridgehead atoms. The van der Waals surface area contributed by atoms with Crippen LogP contribution in [0.1, 0.15) is 48.4 Å². The van der Waals surface area contributed by atoms with Crippen LogP contribution in [0.15, 0.2) is 46.4 Å². The molecule has 4 amide bonds. The minimum Gasteiger partial charge on any atom is -0.457 e. The van der Waals surface area contributed by atoms with Crippen LogP contribution >= 0.6 is 0 Å². The SMILES string of the molecule is CC(=O)O[C@@H]1[C@@H](O)[C@H](CO)O[C@H](O[C@@H](C=Nc2ccc3c(c2)C(=O)NC3=O)[C@@H](CO)O[C@H](O)C=Nc2ccc3c(c2)C(=O)NC3=O)[C@@H]1O. The van der Waals surface area contributed by atoms with Crippen LogP contribution in [0.25, 0.3) is 0 Å². The lowest BCUT2D eigenvalue weighted by atomic mass is 9.99. The first-order chi connectivity index (χ1) is 22.9. The zero-order valence-corrected chi connectivity index (χ0v) is 25.0. The highest BCUT2D eigenvalue weighted by atomic mass is 16.7. The first-order valence-corrected chi connectivity index (χ1v) is 14.4. The number of carbonyl (C=O) groups is 5. The zero-order valence-electron chi connectivity index (χ0n) is 25.0. The summed E-state index contributed by atoms with van der Waals surface area (Å²) < 4.78 is 21.9. The molecule has 3 heterocycles. The van der Waals surface area contributed by atoms with E-state index in [1.54, 1.807) is 0 Å². The number of fused-ring (bicyclic) bond motifs is 2. The lowest BCUT2D eigenvalue weighted by Crippen LogP contribution is -2.61. The predicted molar refractivity (Wildman–Crippen MR) is 159 cm³/mol. The van der Waals surface area contributed by atoms with Crippen molar-refractivity contribution in [2.24, 2.45) is 9.98 Å². The van der Waals surface area contributed by atoms with Crippen molar-refractivity contribution >= 4 is 53.4 Å². The van der Waals surface area contributed by atoms with Gasteiger partial charge in [0.1, 0.15) is 30.5 Å². The second-order valence-corrected chi connectivity index (χ2v) is 10.7. The molecule has 2 aromatic carbocycles. The number of aliphatic hydroxyl groups is 5. The van der Waals surface area contributed by atoms with Gasteiger partial charge in [-0.05, 0) is 36.4 Å². The second-order valence-electron chi connectivity index (χ2n) is 10.7. The van der Waals surface area contributed by atoms with Gasteiger partial charge in [-0.15, -0.1) is 0 Å². The fourth-order valence-corrected chi connectivity index (χ4v) is 5.09. The Hall–Kier alpha value is -4.79. The first-order valence-electron chi connectivity index (χ1n) is 14.4. The van der Waals surface area contributed by atoms with E-state index in [9.17, 15) is 49.5 Å². The van der Waals surface area contributed by atoms with Crippen LogP contribution in [0.5, 0.6) is 0 Å². The highest BCUT2D eigenvalue weighted by Crippen LogP contribution is 2.28. The fourth-order valence-electron chi connectivity index (χ4n) is 5.09.